The van der Waals surface area contributed by atoms with Gasteiger partial charge in [0.1, 0.15) is 0 Å². The van der Waals surface area contributed by atoms with Crippen molar-refractivity contribution in [3.8, 4) is 0 Å². The van der Waals surface area contributed by atoms with Gasteiger partial charge in [0.15, 0.2) is 0 Å². The Morgan fingerprint density at radius 3 is 2.69 bits per heavy atom. The van der Waals surface area contributed by atoms with E-state index in [2.05, 4.69) is 17.1 Å². The summed E-state index contributed by atoms with van der Waals surface area (Å²) in [6, 6.07) is 0.407. The van der Waals surface area contributed by atoms with E-state index >= 15 is 0 Å². The minimum atomic E-state index is 0. The first-order chi connectivity index (χ1) is 6.17. The van der Waals surface area contributed by atoms with Crippen LogP contribution in [0.3, 0.4) is 0 Å². The molecule has 0 atom stereocenters. The predicted molar refractivity (Wildman–Crippen MR) is 54.9 cm³/mol. The first-order valence-electron chi connectivity index (χ1n) is 4.91. The lowest BCUT2D eigenvalue weighted by atomic mass is 10.1. The summed E-state index contributed by atoms with van der Waals surface area (Å²) in [7, 11) is 1.81. The van der Waals surface area contributed by atoms with E-state index in [-0.39, 0.29) is 7.46 Å². The van der Waals surface area contributed by atoms with Crippen molar-refractivity contribution < 1.29 is 6.22 Å². The Bertz CT molecular complexity index is 183. The molecule has 0 spiro atoms. The Morgan fingerprint density at radius 2 is 2.23 bits per heavy atom. The van der Waals surface area contributed by atoms with E-state index in [9.17, 15) is 4.79 Å². The summed E-state index contributed by atoms with van der Waals surface area (Å²) in [5, 5.41) is 2.98. The molecular weight excluding hydrogens is 166 g/mol. The van der Waals surface area contributed by atoms with Crippen molar-refractivity contribution >= 4 is 6.03 Å². The molecule has 4 nitrogen and oxygen atoms in total. The number of hydrogen-bond donors (Lipinski definition) is 1. The van der Waals surface area contributed by atoms with E-state index in [1.54, 1.807) is 4.90 Å². The van der Waals surface area contributed by atoms with E-state index in [1.807, 2.05) is 14.0 Å². The smallest absolute Gasteiger partial charge is 0.317 e. The van der Waals surface area contributed by atoms with Gasteiger partial charge in [0.05, 0.1) is 6.04 Å². The molecule has 78 valence electrons. The fraction of sp³-hybridized carbons (Fsp3) is 0.889. The van der Waals surface area contributed by atoms with Crippen LogP contribution in [0.2, 0.25) is 0 Å². The van der Waals surface area contributed by atoms with Gasteiger partial charge in [0.2, 0.25) is 0 Å². The SMILES string of the molecule is CCN1CC(NC(=O)N(C)CC)C1.[HH]. The first kappa shape index (κ1) is 10.3. The molecule has 1 aliphatic heterocycles. The normalized spacial score (nSPS) is 18.1. The quantitative estimate of drug-likeness (QED) is 0.702. The Morgan fingerprint density at radius 1 is 1.62 bits per heavy atom. The third-order valence-electron chi connectivity index (χ3n) is 2.55. The summed E-state index contributed by atoms with van der Waals surface area (Å²) >= 11 is 0. The summed E-state index contributed by atoms with van der Waals surface area (Å²) in [6.45, 7) is 7.94. The monoisotopic (exact) mass is 187 g/mol. The number of likely N-dealkylation sites (N-methyl/N-ethyl adjacent to an activating group) is 1. The highest BCUT2D eigenvalue weighted by Gasteiger charge is 2.26. The molecule has 1 saturated heterocycles. The average Bonchev–Trinajstić information content (AvgIpc) is 2.08. The van der Waals surface area contributed by atoms with Crippen molar-refractivity contribution in [3.63, 3.8) is 0 Å². The van der Waals surface area contributed by atoms with Gasteiger partial charge in [0, 0.05) is 28.1 Å². The van der Waals surface area contributed by atoms with Crippen molar-refractivity contribution in [1.82, 2.24) is 15.1 Å². The maximum absolute atomic E-state index is 11.4. The maximum atomic E-state index is 11.4. The molecule has 0 bridgehead atoms. The van der Waals surface area contributed by atoms with Gasteiger partial charge in [-0.05, 0) is 13.5 Å². The van der Waals surface area contributed by atoms with Gasteiger partial charge < -0.3 is 10.2 Å². The van der Waals surface area contributed by atoms with E-state index in [0.29, 0.717) is 6.04 Å². The van der Waals surface area contributed by atoms with E-state index in [4.69, 9.17) is 0 Å². The zero-order valence-electron chi connectivity index (χ0n) is 8.71. The van der Waals surface area contributed by atoms with E-state index in [1.165, 1.54) is 0 Å². The minimum absolute atomic E-state index is 0. The Balaban J connectivity index is 0.00000169. The van der Waals surface area contributed by atoms with E-state index < -0.39 is 0 Å². The third-order valence-corrected chi connectivity index (χ3v) is 2.55. The summed E-state index contributed by atoms with van der Waals surface area (Å²) < 4.78 is 0. The highest BCUT2D eigenvalue weighted by atomic mass is 16.2. The average molecular weight is 187 g/mol. The molecule has 0 unspecified atom stereocenters. The lowest BCUT2D eigenvalue weighted by Crippen LogP contribution is -2.60. The van der Waals surface area contributed by atoms with Gasteiger partial charge in [-0.15, -0.1) is 0 Å². The van der Waals surface area contributed by atoms with Crippen LogP contribution in [0.5, 0.6) is 0 Å². The molecule has 1 N–H and O–H groups in total. The summed E-state index contributed by atoms with van der Waals surface area (Å²) in [4.78, 5) is 15.4. The van der Waals surface area contributed by atoms with Crippen LogP contribution in [0.1, 0.15) is 15.3 Å². The van der Waals surface area contributed by atoms with Crippen LogP contribution in [-0.4, -0.2) is 55.1 Å². The molecule has 4 heteroatoms. The maximum Gasteiger partial charge on any atom is 0.317 e. The van der Waals surface area contributed by atoms with Gasteiger partial charge in [-0.25, -0.2) is 4.79 Å². The van der Waals surface area contributed by atoms with Crippen LogP contribution in [0.25, 0.3) is 0 Å². The van der Waals surface area contributed by atoms with Crippen molar-refractivity contribution in [1.29, 1.82) is 0 Å². The Hall–Kier alpha value is -0.770. The molecule has 0 saturated carbocycles. The van der Waals surface area contributed by atoms with Crippen LogP contribution in [-0.2, 0) is 0 Å². The van der Waals surface area contributed by atoms with Crippen LogP contribution in [0.15, 0.2) is 0 Å². The molecule has 0 radical (unpaired) electrons. The van der Waals surface area contributed by atoms with Crippen molar-refractivity contribution in [2.75, 3.05) is 33.2 Å². The van der Waals surface area contributed by atoms with Crippen molar-refractivity contribution in [2.45, 2.75) is 19.9 Å². The molecule has 13 heavy (non-hydrogen) atoms. The van der Waals surface area contributed by atoms with Crippen LogP contribution >= 0.6 is 0 Å². The molecule has 0 aromatic heterocycles. The number of amides is 2. The molecule has 1 heterocycles. The summed E-state index contributed by atoms with van der Waals surface area (Å²) in [6.07, 6.45) is 0. The molecular formula is C9H21N3O. The number of rotatable bonds is 3. The number of urea groups is 1. The Kier molecular flexibility index (Phi) is 3.54. The third kappa shape index (κ3) is 2.59. The molecule has 0 aromatic carbocycles. The number of nitrogens with zero attached hydrogens (tertiary/aromatic N) is 2. The second-order valence-electron chi connectivity index (χ2n) is 3.51. The largest absolute Gasteiger partial charge is 0.333 e. The fourth-order valence-corrected chi connectivity index (χ4v) is 1.35. The highest BCUT2D eigenvalue weighted by Crippen LogP contribution is 2.06. The molecule has 1 fully saturated rings. The van der Waals surface area contributed by atoms with Gasteiger partial charge in [-0.1, -0.05) is 6.92 Å². The van der Waals surface area contributed by atoms with Crippen molar-refractivity contribution in [2.24, 2.45) is 0 Å². The molecule has 1 rings (SSSR count). The molecule has 1 aliphatic rings. The first-order valence-corrected chi connectivity index (χ1v) is 4.91. The van der Waals surface area contributed by atoms with Crippen LogP contribution in [0, 0.1) is 0 Å². The van der Waals surface area contributed by atoms with Gasteiger partial charge >= 0.3 is 6.03 Å². The highest BCUT2D eigenvalue weighted by molar-refractivity contribution is 5.74. The zero-order valence-corrected chi connectivity index (χ0v) is 8.71. The lowest BCUT2D eigenvalue weighted by molar-refractivity contribution is 0.129. The van der Waals surface area contributed by atoms with Gasteiger partial charge in [-0.3, -0.25) is 4.90 Å². The minimum Gasteiger partial charge on any atom is -0.333 e. The molecule has 2 amide bonds. The molecule has 0 aromatic rings. The Labute approximate surface area is 81.4 Å². The number of hydrogen-bond acceptors (Lipinski definition) is 2. The molecule has 0 aliphatic carbocycles. The second kappa shape index (κ2) is 4.46. The van der Waals surface area contributed by atoms with Crippen molar-refractivity contribution in [3.05, 3.63) is 0 Å². The number of carbonyl (C=O) groups is 1. The van der Waals surface area contributed by atoms with Crippen LogP contribution in [0.4, 0.5) is 4.79 Å². The number of carbonyl (C=O) groups excluding carboxylic acids is 1. The van der Waals surface area contributed by atoms with Gasteiger partial charge in [-0.2, -0.15) is 0 Å². The van der Waals surface area contributed by atoms with Gasteiger partial charge in [0.25, 0.3) is 0 Å². The summed E-state index contributed by atoms with van der Waals surface area (Å²) in [5.41, 5.74) is 0. The predicted octanol–water partition coefficient (Wildman–Crippen LogP) is 0.598. The zero-order chi connectivity index (χ0) is 9.84. The topological polar surface area (TPSA) is 35.6 Å². The van der Waals surface area contributed by atoms with Crippen LogP contribution < -0.4 is 5.32 Å². The number of likely N-dealkylation sites (tertiary alicyclic amines) is 1. The standard InChI is InChI=1S/C9H19N3O.H2/c1-4-11(3)9(13)10-8-6-12(5-2)7-8;/h8H,4-7H2,1-3H3,(H,10,13);1H. The summed E-state index contributed by atoms with van der Waals surface area (Å²) in [5.74, 6) is 0. The van der Waals surface area contributed by atoms with E-state index in [0.717, 1.165) is 26.2 Å². The number of nitrogens with one attached hydrogen (secondary N) is 1. The fourth-order valence-electron chi connectivity index (χ4n) is 1.35. The lowest BCUT2D eigenvalue weighted by Gasteiger charge is -2.39. The second-order valence-corrected chi connectivity index (χ2v) is 3.51.